The molecule has 3 rings (SSSR count). The summed E-state index contributed by atoms with van der Waals surface area (Å²) in [7, 11) is 0. The lowest BCUT2D eigenvalue weighted by Gasteiger charge is -2.38. The summed E-state index contributed by atoms with van der Waals surface area (Å²) < 4.78 is 0. The van der Waals surface area contributed by atoms with Crippen LogP contribution in [-0.2, 0) is 4.79 Å². The summed E-state index contributed by atoms with van der Waals surface area (Å²) in [5.74, 6) is 0.621. The van der Waals surface area contributed by atoms with Gasteiger partial charge in [-0.2, -0.15) is 0 Å². The van der Waals surface area contributed by atoms with Crippen LogP contribution in [0.5, 0.6) is 0 Å². The molecule has 0 bridgehead atoms. The summed E-state index contributed by atoms with van der Waals surface area (Å²) in [6.45, 7) is 9.88. The number of aryl methyl sites for hydroxylation is 2. The van der Waals surface area contributed by atoms with Gasteiger partial charge in [-0.25, -0.2) is 0 Å². The molecular formula is C18H27N3O. The monoisotopic (exact) mass is 301 g/mol. The van der Waals surface area contributed by atoms with Crippen LogP contribution in [0.4, 0.5) is 5.69 Å². The van der Waals surface area contributed by atoms with E-state index in [0.29, 0.717) is 5.91 Å². The molecule has 1 N–H and O–H groups in total. The molecule has 0 radical (unpaired) electrons. The lowest BCUT2D eigenvalue weighted by atomic mass is 9.96. The van der Waals surface area contributed by atoms with E-state index in [1.54, 1.807) is 0 Å². The smallest absolute Gasteiger partial charge is 0.225 e. The van der Waals surface area contributed by atoms with Gasteiger partial charge in [0.25, 0.3) is 0 Å². The van der Waals surface area contributed by atoms with Crippen LogP contribution in [0.25, 0.3) is 0 Å². The largest absolute Gasteiger partial charge is 0.368 e. The molecule has 1 aromatic rings. The summed E-state index contributed by atoms with van der Waals surface area (Å²) >= 11 is 0. The average molecular weight is 301 g/mol. The fourth-order valence-corrected chi connectivity index (χ4v) is 3.55. The molecule has 0 spiro atoms. The van der Waals surface area contributed by atoms with Gasteiger partial charge in [-0.15, -0.1) is 0 Å². The molecule has 4 nitrogen and oxygen atoms in total. The van der Waals surface area contributed by atoms with E-state index in [1.165, 1.54) is 16.8 Å². The van der Waals surface area contributed by atoms with Gasteiger partial charge in [0.1, 0.15) is 0 Å². The second-order valence-corrected chi connectivity index (χ2v) is 6.63. The predicted octanol–water partition coefficient (Wildman–Crippen LogP) is 1.95. The van der Waals surface area contributed by atoms with Crippen LogP contribution in [0.3, 0.4) is 0 Å². The predicted molar refractivity (Wildman–Crippen MR) is 90.3 cm³/mol. The van der Waals surface area contributed by atoms with Crippen molar-refractivity contribution in [2.75, 3.05) is 44.2 Å². The van der Waals surface area contributed by atoms with Gasteiger partial charge in [0.2, 0.25) is 5.91 Å². The molecule has 1 aromatic carbocycles. The number of anilines is 1. The number of carbonyl (C=O) groups is 1. The minimum atomic E-state index is 0.244. The number of nitrogens with zero attached hydrogens (tertiary/aromatic N) is 2. The van der Waals surface area contributed by atoms with Crippen molar-refractivity contribution < 1.29 is 4.79 Å². The zero-order chi connectivity index (χ0) is 15.5. The van der Waals surface area contributed by atoms with Gasteiger partial charge in [-0.05, 0) is 57.0 Å². The van der Waals surface area contributed by atoms with Crippen LogP contribution >= 0.6 is 0 Å². The SMILES string of the molecule is Cc1ccc(C)c(N2CCN(C(=O)C3CCNCC3)CC2)c1. The fraction of sp³-hybridized carbons (Fsp3) is 0.611. The maximum atomic E-state index is 12.6. The fourth-order valence-electron chi connectivity index (χ4n) is 3.55. The van der Waals surface area contributed by atoms with Gasteiger partial charge in [-0.3, -0.25) is 4.79 Å². The Balaban J connectivity index is 1.60. The normalized spacial score (nSPS) is 20.3. The zero-order valence-corrected chi connectivity index (χ0v) is 13.8. The van der Waals surface area contributed by atoms with E-state index in [9.17, 15) is 4.79 Å². The van der Waals surface area contributed by atoms with Gasteiger partial charge < -0.3 is 15.1 Å². The van der Waals surface area contributed by atoms with Crippen molar-refractivity contribution in [1.29, 1.82) is 0 Å². The molecule has 22 heavy (non-hydrogen) atoms. The highest BCUT2D eigenvalue weighted by molar-refractivity contribution is 5.79. The Morgan fingerprint density at radius 3 is 2.45 bits per heavy atom. The molecule has 1 amide bonds. The molecule has 0 atom stereocenters. The molecule has 120 valence electrons. The molecular weight excluding hydrogens is 274 g/mol. The van der Waals surface area contributed by atoms with Crippen molar-refractivity contribution >= 4 is 11.6 Å². The van der Waals surface area contributed by atoms with Crippen molar-refractivity contribution in [1.82, 2.24) is 10.2 Å². The molecule has 2 aliphatic heterocycles. The number of nitrogens with one attached hydrogen (secondary N) is 1. The first kappa shape index (κ1) is 15.3. The standard InChI is InChI=1S/C18H27N3O/c1-14-3-4-15(2)17(13-14)20-9-11-21(12-10-20)18(22)16-5-7-19-8-6-16/h3-4,13,16,19H,5-12H2,1-2H3. The Morgan fingerprint density at radius 2 is 1.77 bits per heavy atom. The Hall–Kier alpha value is -1.55. The van der Waals surface area contributed by atoms with E-state index in [2.05, 4.69) is 47.2 Å². The topological polar surface area (TPSA) is 35.6 Å². The summed E-state index contributed by atoms with van der Waals surface area (Å²) in [6, 6.07) is 6.62. The average Bonchev–Trinajstić information content (AvgIpc) is 2.57. The van der Waals surface area contributed by atoms with Gasteiger partial charge in [0.15, 0.2) is 0 Å². The number of piperazine rings is 1. The van der Waals surface area contributed by atoms with Crippen molar-refractivity contribution in [2.45, 2.75) is 26.7 Å². The first-order valence-electron chi connectivity index (χ1n) is 8.47. The quantitative estimate of drug-likeness (QED) is 0.907. The first-order valence-corrected chi connectivity index (χ1v) is 8.47. The summed E-state index contributed by atoms with van der Waals surface area (Å²) in [5, 5.41) is 3.33. The van der Waals surface area contributed by atoms with Crippen molar-refractivity contribution in [3.63, 3.8) is 0 Å². The highest BCUT2D eigenvalue weighted by Gasteiger charge is 2.28. The second-order valence-electron chi connectivity index (χ2n) is 6.63. The molecule has 0 aliphatic carbocycles. The van der Waals surface area contributed by atoms with Gasteiger partial charge in [-0.1, -0.05) is 12.1 Å². The molecule has 2 aliphatic rings. The number of hydrogen-bond acceptors (Lipinski definition) is 3. The van der Waals surface area contributed by atoms with E-state index >= 15 is 0 Å². The van der Waals surface area contributed by atoms with Crippen molar-refractivity contribution in [3.05, 3.63) is 29.3 Å². The maximum Gasteiger partial charge on any atom is 0.225 e. The zero-order valence-electron chi connectivity index (χ0n) is 13.8. The van der Waals surface area contributed by atoms with Gasteiger partial charge >= 0.3 is 0 Å². The van der Waals surface area contributed by atoms with E-state index in [0.717, 1.165) is 52.1 Å². The molecule has 0 aromatic heterocycles. The number of hydrogen-bond donors (Lipinski definition) is 1. The Bertz CT molecular complexity index is 529. The molecule has 4 heteroatoms. The third-order valence-corrected chi connectivity index (χ3v) is 4.99. The summed E-state index contributed by atoms with van der Waals surface area (Å²) in [4.78, 5) is 17.1. The summed E-state index contributed by atoms with van der Waals surface area (Å²) in [5.41, 5.74) is 3.95. The van der Waals surface area contributed by atoms with Crippen molar-refractivity contribution in [2.24, 2.45) is 5.92 Å². The van der Waals surface area contributed by atoms with E-state index in [-0.39, 0.29) is 5.92 Å². The third kappa shape index (κ3) is 3.27. The maximum absolute atomic E-state index is 12.6. The van der Waals surface area contributed by atoms with Crippen molar-refractivity contribution in [3.8, 4) is 0 Å². The summed E-state index contributed by atoms with van der Waals surface area (Å²) in [6.07, 6.45) is 1.99. The minimum absolute atomic E-state index is 0.244. The first-order chi connectivity index (χ1) is 10.6. The van der Waals surface area contributed by atoms with Crippen LogP contribution in [0.2, 0.25) is 0 Å². The lowest BCUT2D eigenvalue weighted by Crippen LogP contribution is -2.51. The van der Waals surface area contributed by atoms with Crippen LogP contribution in [0.15, 0.2) is 18.2 Å². The highest BCUT2D eigenvalue weighted by atomic mass is 16.2. The lowest BCUT2D eigenvalue weighted by molar-refractivity contribution is -0.136. The number of carbonyl (C=O) groups excluding carboxylic acids is 1. The number of piperidine rings is 1. The van der Waals surface area contributed by atoms with Crippen LogP contribution < -0.4 is 10.2 Å². The van der Waals surface area contributed by atoms with Gasteiger partial charge in [0, 0.05) is 37.8 Å². The molecule has 2 heterocycles. The Morgan fingerprint density at radius 1 is 1.09 bits per heavy atom. The van der Waals surface area contributed by atoms with Crippen LogP contribution in [-0.4, -0.2) is 50.1 Å². The number of amides is 1. The Labute approximate surface area is 133 Å². The minimum Gasteiger partial charge on any atom is -0.368 e. The van der Waals surface area contributed by atoms with E-state index < -0.39 is 0 Å². The van der Waals surface area contributed by atoms with Gasteiger partial charge in [0.05, 0.1) is 0 Å². The highest BCUT2D eigenvalue weighted by Crippen LogP contribution is 2.24. The number of benzene rings is 1. The second kappa shape index (κ2) is 6.69. The molecule has 2 saturated heterocycles. The third-order valence-electron chi connectivity index (χ3n) is 4.99. The van der Waals surface area contributed by atoms with Crippen LogP contribution in [0, 0.1) is 19.8 Å². The molecule has 0 saturated carbocycles. The number of rotatable bonds is 2. The molecule has 0 unspecified atom stereocenters. The van der Waals surface area contributed by atoms with E-state index in [4.69, 9.17) is 0 Å². The van der Waals surface area contributed by atoms with E-state index in [1.807, 2.05) is 0 Å². The molecule has 2 fully saturated rings. The van der Waals surface area contributed by atoms with Crippen LogP contribution in [0.1, 0.15) is 24.0 Å². The Kier molecular flexibility index (Phi) is 4.67.